The molecule has 2 rings (SSSR count). The topological polar surface area (TPSA) is 73.3 Å². The van der Waals surface area contributed by atoms with Gasteiger partial charge >= 0.3 is 5.97 Å². The molecule has 0 amide bonds. The van der Waals surface area contributed by atoms with E-state index >= 15 is 0 Å². The molecule has 1 aromatic heterocycles. The van der Waals surface area contributed by atoms with Crippen LogP contribution in [0.25, 0.3) is 0 Å². The summed E-state index contributed by atoms with van der Waals surface area (Å²) in [5, 5.41) is 3.15. The summed E-state index contributed by atoms with van der Waals surface area (Å²) in [7, 11) is 1.32. The van der Waals surface area contributed by atoms with E-state index in [1.54, 1.807) is 0 Å². The number of nitrogens with zero attached hydrogens (tertiary/aromatic N) is 2. The van der Waals surface area contributed by atoms with Crippen molar-refractivity contribution in [1.82, 2.24) is 9.97 Å². The van der Waals surface area contributed by atoms with Gasteiger partial charge in [-0.05, 0) is 19.3 Å². The second-order valence-electron chi connectivity index (χ2n) is 4.15. The molecule has 0 aromatic carbocycles. The molecule has 1 aliphatic rings. The van der Waals surface area contributed by atoms with Crippen LogP contribution in [0.3, 0.4) is 0 Å². The van der Waals surface area contributed by atoms with Crippen molar-refractivity contribution in [3.05, 3.63) is 18.1 Å². The van der Waals surface area contributed by atoms with Crippen molar-refractivity contribution in [3.8, 4) is 0 Å². The Kier molecular flexibility index (Phi) is 4.46. The number of hydrogen-bond acceptors (Lipinski definition) is 6. The Bertz CT molecular complexity index is 388. The Morgan fingerprint density at radius 1 is 1.50 bits per heavy atom. The number of methoxy groups -OCH3 is 1. The molecule has 0 radical (unpaired) electrons. The van der Waals surface area contributed by atoms with Crippen LogP contribution in [0.15, 0.2) is 12.4 Å². The van der Waals surface area contributed by atoms with E-state index in [9.17, 15) is 4.79 Å². The van der Waals surface area contributed by atoms with Gasteiger partial charge in [-0.1, -0.05) is 0 Å². The normalized spacial score (nSPS) is 19.3. The molecule has 1 aliphatic heterocycles. The third-order valence-corrected chi connectivity index (χ3v) is 2.83. The number of rotatable bonds is 4. The number of hydrogen-bond donors (Lipinski definition) is 1. The largest absolute Gasteiger partial charge is 0.464 e. The highest BCUT2D eigenvalue weighted by Gasteiger charge is 2.13. The van der Waals surface area contributed by atoms with Crippen LogP contribution in [0.2, 0.25) is 0 Å². The smallest absolute Gasteiger partial charge is 0.358 e. The van der Waals surface area contributed by atoms with Crippen molar-refractivity contribution >= 4 is 11.8 Å². The number of esters is 1. The molecule has 1 N–H and O–H groups in total. The van der Waals surface area contributed by atoms with Gasteiger partial charge in [0.2, 0.25) is 0 Å². The Labute approximate surface area is 106 Å². The maximum absolute atomic E-state index is 11.2. The molecule has 6 heteroatoms. The van der Waals surface area contributed by atoms with Gasteiger partial charge in [-0.3, -0.25) is 0 Å². The zero-order chi connectivity index (χ0) is 12.8. The number of carbonyl (C=O) groups is 1. The average molecular weight is 251 g/mol. The summed E-state index contributed by atoms with van der Waals surface area (Å²) in [6, 6.07) is 0. The van der Waals surface area contributed by atoms with E-state index in [0.717, 1.165) is 19.4 Å². The summed E-state index contributed by atoms with van der Waals surface area (Å²) in [5.41, 5.74) is 0.206. The maximum Gasteiger partial charge on any atom is 0.358 e. The molecule has 98 valence electrons. The lowest BCUT2D eigenvalue weighted by molar-refractivity contribution is 0.0247. The van der Waals surface area contributed by atoms with Crippen molar-refractivity contribution in [2.45, 2.75) is 25.4 Å². The highest BCUT2D eigenvalue weighted by Crippen LogP contribution is 2.13. The minimum atomic E-state index is -0.482. The molecular formula is C12H17N3O3. The molecule has 0 aliphatic carbocycles. The molecule has 1 saturated heterocycles. The van der Waals surface area contributed by atoms with E-state index in [1.165, 1.54) is 25.9 Å². The molecular weight excluding hydrogens is 234 g/mol. The van der Waals surface area contributed by atoms with Crippen LogP contribution < -0.4 is 5.32 Å². The fourth-order valence-corrected chi connectivity index (χ4v) is 1.82. The molecule has 1 unspecified atom stereocenters. The first-order valence-electron chi connectivity index (χ1n) is 6.05. The average Bonchev–Trinajstić information content (AvgIpc) is 2.46. The SMILES string of the molecule is COC(=O)c1cnc(NCC2CCCCO2)cn1. The monoisotopic (exact) mass is 251 g/mol. The number of anilines is 1. The second-order valence-corrected chi connectivity index (χ2v) is 4.15. The van der Waals surface area contributed by atoms with Crippen molar-refractivity contribution in [2.24, 2.45) is 0 Å². The lowest BCUT2D eigenvalue weighted by Crippen LogP contribution is -2.27. The minimum absolute atomic E-state index is 0.206. The summed E-state index contributed by atoms with van der Waals surface area (Å²) < 4.78 is 10.1. The van der Waals surface area contributed by atoms with E-state index in [4.69, 9.17) is 4.74 Å². The molecule has 1 atom stereocenters. The van der Waals surface area contributed by atoms with Crippen LogP contribution in [0.5, 0.6) is 0 Å². The van der Waals surface area contributed by atoms with Crippen LogP contribution in [-0.2, 0) is 9.47 Å². The Balaban J connectivity index is 1.84. The summed E-state index contributed by atoms with van der Waals surface area (Å²) in [5.74, 6) is 0.154. The van der Waals surface area contributed by atoms with E-state index in [0.29, 0.717) is 12.4 Å². The van der Waals surface area contributed by atoms with Gasteiger partial charge < -0.3 is 14.8 Å². The van der Waals surface area contributed by atoms with E-state index in [2.05, 4.69) is 20.0 Å². The highest BCUT2D eigenvalue weighted by molar-refractivity contribution is 5.86. The van der Waals surface area contributed by atoms with Gasteiger partial charge in [0.05, 0.1) is 25.6 Å². The molecule has 0 spiro atoms. The summed E-state index contributed by atoms with van der Waals surface area (Å²) >= 11 is 0. The van der Waals surface area contributed by atoms with Crippen LogP contribution >= 0.6 is 0 Å². The highest BCUT2D eigenvalue weighted by atomic mass is 16.5. The van der Waals surface area contributed by atoms with E-state index < -0.39 is 5.97 Å². The van der Waals surface area contributed by atoms with Gasteiger partial charge in [-0.15, -0.1) is 0 Å². The Morgan fingerprint density at radius 3 is 3.00 bits per heavy atom. The predicted octanol–water partition coefficient (Wildman–Crippen LogP) is 1.24. The Morgan fingerprint density at radius 2 is 2.39 bits per heavy atom. The standard InChI is InChI=1S/C12H17N3O3/c1-17-12(16)10-7-15-11(8-13-10)14-6-9-4-2-3-5-18-9/h7-9H,2-6H2,1H3,(H,14,15). The second kappa shape index (κ2) is 6.30. The number of nitrogens with one attached hydrogen (secondary N) is 1. The first-order valence-corrected chi connectivity index (χ1v) is 6.05. The minimum Gasteiger partial charge on any atom is -0.464 e. The molecule has 0 bridgehead atoms. The molecule has 6 nitrogen and oxygen atoms in total. The molecule has 0 saturated carbocycles. The molecule has 1 aromatic rings. The molecule has 18 heavy (non-hydrogen) atoms. The summed E-state index contributed by atoms with van der Waals surface area (Å²) in [4.78, 5) is 19.2. The fraction of sp³-hybridized carbons (Fsp3) is 0.583. The van der Waals surface area contributed by atoms with Crippen molar-refractivity contribution < 1.29 is 14.3 Å². The fourth-order valence-electron chi connectivity index (χ4n) is 1.82. The number of ether oxygens (including phenoxy) is 2. The van der Waals surface area contributed by atoms with Crippen LogP contribution in [0.4, 0.5) is 5.82 Å². The van der Waals surface area contributed by atoms with Crippen molar-refractivity contribution in [1.29, 1.82) is 0 Å². The first-order chi connectivity index (χ1) is 8.79. The van der Waals surface area contributed by atoms with Gasteiger partial charge in [0.25, 0.3) is 0 Å². The first kappa shape index (κ1) is 12.8. The van der Waals surface area contributed by atoms with Crippen molar-refractivity contribution in [3.63, 3.8) is 0 Å². The lowest BCUT2D eigenvalue weighted by atomic mass is 10.1. The van der Waals surface area contributed by atoms with E-state index in [1.807, 2.05) is 0 Å². The third kappa shape index (κ3) is 3.40. The third-order valence-electron chi connectivity index (χ3n) is 2.83. The van der Waals surface area contributed by atoms with Crippen molar-refractivity contribution in [2.75, 3.05) is 25.6 Å². The molecule has 2 heterocycles. The number of carbonyl (C=O) groups excluding carboxylic acids is 1. The summed E-state index contributed by atoms with van der Waals surface area (Å²) in [6.07, 6.45) is 6.58. The zero-order valence-electron chi connectivity index (χ0n) is 10.4. The lowest BCUT2D eigenvalue weighted by Gasteiger charge is -2.22. The van der Waals surface area contributed by atoms with Gasteiger partial charge in [0.1, 0.15) is 5.82 Å². The number of aromatic nitrogens is 2. The quantitative estimate of drug-likeness (QED) is 0.812. The predicted molar refractivity (Wildman–Crippen MR) is 65.5 cm³/mol. The maximum atomic E-state index is 11.2. The summed E-state index contributed by atoms with van der Waals surface area (Å²) in [6.45, 7) is 1.55. The van der Waals surface area contributed by atoms with Gasteiger partial charge in [0, 0.05) is 13.2 Å². The van der Waals surface area contributed by atoms with Crippen LogP contribution in [-0.4, -0.2) is 42.3 Å². The Hall–Kier alpha value is -1.69. The van der Waals surface area contributed by atoms with Gasteiger partial charge in [-0.25, -0.2) is 14.8 Å². The van der Waals surface area contributed by atoms with Crippen LogP contribution in [0, 0.1) is 0 Å². The molecule has 1 fully saturated rings. The van der Waals surface area contributed by atoms with Crippen LogP contribution in [0.1, 0.15) is 29.8 Å². The van der Waals surface area contributed by atoms with E-state index in [-0.39, 0.29) is 11.8 Å². The zero-order valence-corrected chi connectivity index (χ0v) is 10.4. The van der Waals surface area contributed by atoms with Gasteiger partial charge in [0.15, 0.2) is 5.69 Å². The van der Waals surface area contributed by atoms with Gasteiger partial charge in [-0.2, -0.15) is 0 Å².